The van der Waals surface area contributed by atoms with Gasteiger partial charge >= 0.3 is 6.03 Å². The number of imide groups is 2. The van der Waals surface area contributed by atoms with Crippen molar-refractivity contribution in [2.24, 2.45) is 0 Å². The summed E-state index contributed by atoms with van der Waals surface area (Å²) in [6, 6.07) is 17.1. The third kappa shape index (κ3) is 6.03. The SMILES string of the molecule is CCOc1cc(/C=C2/C(=O)NC(=O)N(c3ccc(CC)cc3)C2=O)cc(Cl)c1OCc1ccc(Br)cc1. The fraction of sp³-hybridized carbons (Fsp3) is 0.179. The van der Waals surface area contributed by atoms with E-state index in [1.165, 1.54) is 6.08 Å². The van der Waals surface area contributed by atoms with E-state index in [4.69, 9.17) is 21.1 Å². The van der Waals surface area contributed by atoms with Crippen LogP contribution in [0.4, 0.5) is 10.5 Å². The van der Waals surface area contributed by atoms with Gasteiger partial charge in [-0.3, -0.25) is 14.9 Å². The van der Waals surface area contributed by atoms with E-state index in [0.29, 0.717) is 29.4 Å². The summed E-state index contributed by atoms with van der Waals surface area (Å²) in [7, 11) is 0. The predicted octanol–water partition coefficient (Wildman–Crippen LogP) is 6.31. The average molecular weight is 584 g/mol. The molecule has 9 heteroatoms. The Balaban J connectivity index is 1.64. The monoisotopic (exact) mass is 582 g/mol. The number of barbiturate groups is 1. The highest BCUT2D eigenvalue weighted by Gasteiger charge is 2.36. The number of carbonyl (C=O) groups excluding carboxylic acids is 3. The Morgan fingerprint density at radius 1 is 0.946 bits per heavy atom. The van der Waals surface area contributed by atoms with Crippen molar-refractivity contribution in [3.63, 3.8) is 0 Å². The zero-order valence-electron chi connectivity index (χ0n) is 20.2. The second-order valence-electron chi connectivity index (χ2n) is 8.16. The lowest BCUT2D eigenvalue weighted by Gasteiger charge is -2.26. The van der Waals surface area contributed by atoms with E-state index in [2.05, 4.69) is 21.2 Å². The van der Waals surface area contributed by atoms with Crippen LogP contribution in [0.1, 0.15) is 30.5 Å². The highest BCUT2D eigenvalue weighted by molar-refractivity contribution is 9.10. The molecule has 0 radical (unpaired) electrons. The molecule has 7 nitrogen and oxygen atoms in total. The summed E-state index contributed by atoms with van der Waals surface area (Å²) in [6.07, 6.45) is 2.19. The summed E-state index contributed by atoms with van der Waals surface area (Å²) in [5.41, 5.74) is 2.60. The van der Waals surface area contributed by atoms with E-state index in [1.807, 2.05) is 50.2 Å². The molecule has 190 valence electrons. The number of urea groups is 1. The third-order valence-corrected chi connectivity index (χ3v) is 6.45. The fourth-order valence-electron chi connectivity index (χ4n) is 3.75. The Bertz CT molecular complexity index is 1370. The van der Waals surface area contributed by atoms with E-state index in [0.717, 1.165) is 26.9 Å². The molecule has 0 aromatic heterocycles. The minimum absolute atomic E-state index is 0.207. The summed E-state index contributed by atoms with van der Waals surface area (Å²) >= 11 is 9.94. The van der Waals surface area contributed by atoms with Crippen molar-refractivity contribution in [1.29, 1.82) is 0 Å². The molecule has 0 atom stereocenters. The lowest BCUT2D eigenvalue weighted by atomic mass is 10.1. The molecule has 3 aromatic carbocycles. The maximum absolute atomic E-state index is 13.2. The van der Waals surface area contributed by atoms with Gasteiger partial charge in [0.25, 0.3) is 11.8 Å². The fourth-order valence-corrected chi connectivity index (χ4v) is 4.29. The van der Waals surface area contributed by atoms with Gasteiger partial charge < -0.3 is 9.47 Å². The Labute approximate surface area is 228 Å². The van der Waals surface area contributed by atoms with E-state index < -0.39 is 17.8 Å². The number of hydrogen-bond donors (Lipinski definition) is 1. The van der Waals surface area contributed by atoms with Gasteiger partial charge in [0.1, 0.15) is 12.2 Å². The number of nitrogens with one attached hydrogen (secondary N) is 1. The number of nitrogens with zero attached hydrogens (tertiary/aromatic N) is 1. The molecular weight excluding hydrogens is 560 g/mol. The number of hydrogen-bond acceptors (Lipinski definition) is 5. The summed E-state index contributed by atoms with van der Waals surface area (Å²) < 4.78 is 12.7. The lowest BCUT2D eigenvalue weighted by Crippen LogP contribution is -2.54. The Morgan fingerprint density at radius 2 is 1.62 bits per heavy atom. The van der Waals surface area contributed by atoms with Gasteiger partial charge in [0.15, 0.2) is 11.5 Å². The van der Waals surface area contributed by atoms with Crippen molar-refractivity contribution < 1.29 is 23.9 Å². The molecule has 1 fully saturated rings. The van der Waals surface area contributed by atoms with Gasteiger partial charge in [-0.25, -0.2) is 9.69 Å². The molecule has 0 bridgehead atoms. The first-order valence-electron chi connectivity index (χ1n) is 11.6. The maximum atomic E-state index is 13.2. The van der Waals surface area contributed by atoms with Crippen LogP contribution in [0.15, 0.2) is 70.7 Å². The molecule has 0 unspecified atom stereocenters. The van der Waals surface area contributed by atoms with Crippen LogP contribution in [0.3, 0.4) is 0 Å². The van der Waals surface area contributed by atoms with Crippen LogP contribution in [0.2, 0.25) is 5.02 Å². The zero-order chi connectivity index (χ0) is 26.5. The quantitative estimate of drug-likeness (QED) is 0.248. The summed E-state index contributed by atoms with van der Waals surface area (Å²) in [6.45, 7) is 4.44. The van der Waals surface area contributed by atoms with Crippen LogP contribution >= 0.6 is 27.5 Å². The van der Waals surface area contributed by atoms with E-state index in [9.17, 15) is 14.4 Å². The molecule has 1 N–H and O–H groups in total. The van der Waals surface area contributed by atoms with Gasteiger partial charge in [-0.05, 0) is 72.5 Å². The number of aryl methyl sites for hydroxylation is 1. The predicted molar refractivity (Wildman–Crippen MR) is 146 cm³/mol. The Kier molecular flexibility index (Phi) is 8.31. The first kappa shape index (κ1) is 26.4. The zero-order valence-corrected chi connectivity index (χ0v) is 22.6. The average Bonchev–Trinajstić information content (AvgIpc) is 2.87. The molecule has 37 heavy (non-hydrogen) atoms. The smallest absolute Gasteiger partial charge is 0.335 e. The molecule has 1 aliphatic rings. The van der Waals surface area contributed by atoms with Crippen molar-refractivity contribution in [1.82, 2.24) is 5.32 Å². The van der Waals surface area contributed by atoms with Gasteiger partial charge in [-0.2, -0.15) is 0 Å². The number of benzene rings is 3. The van der Waals surface area contributed by atoms with Crippen LogP contribution in [0.25, 0.3) is 6.08 Å². The lowest BCUT2D eigenvalue weighted by molar-refractivity contribution is -0.122. The topological polar surface area (TPSA) is 84.9 Å². The standard InChI is InChI=1S/C28H24BrClN2O5/c1-3-17-7-11-21(12-8-17)32-27(34)22(26(33)31-28(32)35)13-19-14-23(30)25(24(15-19)36-4-2)37-16-18-5-9-20(29)10-6-18/h5-15H,3-4,16H2,1-2H3,(H,31,33,35)/b22-13-. The second-order valence-corrected chi connectivity index (χ2v) is 9.48. The number of halogens is 2. The molecule has 4 amide bonds. The van der Waals surface area contributed by atoms with Crippen LogP contribution in [-0.4, -0.2) is 24.5 Å². The second kappa shape index (κ2) is 11.6. The van der Waals surface area contributed by atoms with E-state index in [-0.39, 0.29) is 17.2 Å². The van der Waals surface area contributed by atoms with Crippen molar-refractivity contribution in [3.05, 3.63) is 92.4 Å². The van der Waals surface area contributed by atoms with E-state index >= 15 is 0 Å². The van der Waals surface area contributed by atoms with Crippen LogP contribution in [0, 0.1) is 0 Å². The highest BCUT2D eigenvalue weighted by Crippen LogP contribution is 2.38. The molecular formula is C28H24BrClN2O5. The Morgan fingerprint density at radius 3 is 2.27 bits per heavy atom. The van der Waals surface area contributed by atoms with Crippen molar-refractivity contribution in [2.75, 3.05) is 11.5 Å². The van der Waals surface area contributed by atoms with Crippen LogP contribution in [-0.2, 0) is 22.6 Å². The van der Waals surface area contributed by atoms with Crippen molar-refractivity contribution in [2.45, 2.75) is 26.9 Å². The molecule has 0 spiro atoms. The normalized spacial score (nSPS) is 14.6. The van der Waals surface area contributed by atoms with Gasteiger partial charge in [0.05, 0.1) is 17.3 Å². The van der Waals surface area contributed by atoms with Gasteiger partial charge in [-0.15, -0.1) is 0 Å². The number of carbonyl (C=O) groups is 3. The molecule has 1 saturated heterocycles. The minimum Gasteiger partial charge on any atom is -0.490 e. The molecule has 1 heterocycles. The van der Waals surface area contributed by atoms with Crippen LogP contribution < -0.4 is 19.7 Å². The molecule has 3 aromatic rings. The number of rotatable bonds is 8. The van der Waals surface area contributed by atoms with Gasteiger partial charge in [-0.1, -0.05) is 58.7 Å². The molecule has 4 rings (SSSR count). The molecule has 1 aliphatic heterocycles. The van der Waals surface area contributed by atoms with Gasteiger partial charge in [0.2, 0.25) is 0 Å². The first-order chi connectivity index (χ1) is 17.8. The summed E-state index contributed by atoms with van der Waals surface area (Å²) in [5, 5.41) is 2.48. The largest absolute Gasteiger partial charge is 0.490 e. The number of ether oxygens (including phenoxy) is 2. The first-order valence-corrected chi connectivity index (χ1v) is 12.8. The van der Waals surface area contributed by atoms with Crippen molar-refractivity contribution >= 4 is 57.1 Å². The number of amides is 4. The third-order valence-electron chi connectivity index (χ3n) is 5.64. The number of anilines is 1. The summed E-state index contributed by atoms with van der Waals surface area (Å²) in [4.78, 5) is 39.3. The summed E-state index contributed by atoms with van der Waals surface area (Å²) in [5.74, 6) is -0.810. The van der Waals surface area contributed by atoms with Crippen LogP contribution in [0.5, 0.6) is 11.5 Å². The highest BCUT2D eigenvalue weighted by atomic mass is 79.9. The minimum atomic E-state index is -0.805. The Hall–Kier alpha value is -3.62. The maximum Gasteiger partial charge on any atom is 0.335 e. The van der Waals surface area contributed by atoms with E-state index in [1.54, 1.807) is 24.3 Å². The molecule has 0 aliphatic carbocycles. The molecule has 0 saturated carbocycles. The van der Waals surface area contributed by atoms with Crippen molar-refractivity contribution in [3.8, 4) is 11.5 Å². The van der Waals surface area contributed by atoms with Gasteiger partial charge in [0, 0.05) is 4.47 Å².